The molecule has 2 heterocycles. The summed E-state index contributed by atoms with van der Waals surface area (Å²) in [6.07, 6.45) is 0.182. The highest BCUT2D eigenvalue weighted by Crippen LogP contribution is 2.31. The summed E-state index contributed by atoms with van der Waals surface area (Å²) in [7, 11) is 0. The number of rotatable bonds is 4. The number of aliphatic hydroxyl groups excluding tert-OH is 1. The van der Waals surface area contributed by atoms with Crippen LogP contribution in [0.4, 0.5) is 4.39 Å². The highest BCUT2D eigenvalue weighted by molar-refractivity contribution is 5.63. The minimum atomic E-state index is -0.551. The van der Waals surface area contributed by atoms with Crippen molar-refractivity contribution in [3.05, 3.63) is 76.3 Å². The van der Waals surface area contributed by atoms with Crippen molar-refractivity contribution in [3.63, 3.8) is 0 Å². The van der Waals surface area contributed by atoms with Gasteiger partial charge in [0.25, 0.3) is 0 Å². The average Bonchev–Trinajstić information content (AvgIpc) is 3.05. The molecule has 0 radical (unpaired) electrons. The third kappa shape index (κ3) is 3.66. The van der Waals surface area contributed by atoms with E-state index < -0.39 is 6.10 Å². The molecule has 4 rings (SSSR count). The Morgan fingerprint density at radius 2 is 2.07 bits per heavy atom. The van der Waals surface area contributed by atoms with Crippen molar-refractivity contribution in [2.75, 3.05) is 13.1 Å². The molecule has 1 aliphatic heterocycles. The van der Waals surface area contributed by atoms with Crippen LogP contribution < -0.4 is 0 Å². The average molecular weight is 366 g/mol. The lowest BCUT2D eigenvalue weighted by atomic mass is 9.98. The second-order valence-corrected chi connectivity index (χ2v) is 7.30. The summed E-state index contributed by atoms with van der Waals surface area (Å²) < 4.78 is 19.1. The van der Waals surface area contributed by atoms with Crippen molar-refractivity contribution in [1.29, 1.82) is 0 Å². The predicted molar refractivity (Wildman–Crippen MR) is 102 cm³/mol. The van der Waals surface area contributed by atoms with Crippen LogP contribution >= 0.6 is 0 Å². The van der Waals surface area contributed by atoms with Gasteiger partial charge in [-0.3, -0.25) is 4.90 Å². The molecular weight excluding hydrogens is 343 g/mol. The minimum absolute atomic E-state index is 0.290. The number of hydrogen-bond donors (Lipinski definition) is 1. The first-order valence-corrected chi connectivity index (χ1v) is 9.22. The summed E-state index contributed by atoms with van der Waals surface area (Å²) in [5.41, 5.74) is 5.65. The van der Waals surface area contributed by atoms with E-state index in [1.165, 1.54) is 17.7 Å². The lowest BCUT2D eigenvalue weighted by Gasteiger charge is -2.28. The molecule has 0 saturated heterocycles. The zero-order chi connectivity index (χ0) is 19.0. The van der Waals surface area contributed by atoms with E-state index >= 15 is 0 Å². The molecule has 5 heteroatoms. The number of hydrogen-bond acceptors (Lipinski definition) is 4. The number of aryl methyl sites for hydroxylation is 2. The van der Waals surface area contributed by atoms with Crippen LogP contribution in [0.15, 0.2) is 47.0 Å². The fourth-order valence-corrected chi connectivity index (χ4v) is 3.83. The summed E-state index contributed by atoms with van der Waals surface area (Å²) in [5, 5.41) is 14.9. The van der Waals surface area contributed by atoms with Crippen molar-refractivity contribution in [3.8, 4) is 11.3 Å². The van der Waals surface area contributed by atoms with Crippen LogP contribution in [0.5, 0.6) is 0 Å². The van der Waals surface area contributed by atoms with E-state index in [9.17, 15) is 9.50 Å². The number of fused-ring (bicyclic) bond motifs is 1. The third-order valence-corrected chi connectivity index (χ3v) is 5.22. The Kier molecular flexibility index (Phi) is 4.81. The molecule has 1 N–H and O–H groups in total. The van der Waals surface area contributed by atoms with Crippen LogP contribution in [-0.4, -0.2) is 28.3 Å². The van der Waals surface area contributed by atoms with E-state index in [2.05, 4.69) is 23.0 Å². The number of benzene rings is 2. The molecule has 27 heavy (non-hydrogen) atoms. The summed E-state index contributed by atoms with van der Waals surface area (Å²) in [5.74, 6) is 0.564. The summed E-state index contributed by atoms with van der Waals surface area (Å²) >= 11 is 0. The number of β-amino-alcohol motifs (C(OH)–C–C–N with tert-alkyl or cyclic N) is 1. The van der Waals surface area contributed by atoms with Crippen LogP contribution in [0, 0.1) is 19.7 Å². The monoisotopic (exact) mass is 366 g/mol. The van der Waals surface area contributed by atoms with E-state index in [0.29, 0.717) is 18.8 Å². The van der Waals surface area contributed by atoms with Gasteiger partial charge in [-0.15, -0.1) is 0 Å². The van der Waals surface area contributed by atoms with E-state index in [1.807, 2.05) is 25.1 Å². The first kappa shape index (κ1) is 17.9. The zero-order valence-electron chi connectivity index (χ0n) is 15.6. The zero-order valence-corrected chi connectivity index (χ0v) is 15.6. The van der Waals surface area contributed by atoms with Crippen molar-refractivity contribution < 1.29 is 14.0 Å². The maximum Gasteiger partial charge on any atom is 0.143 e. The Hall–Kier alpha value is -2.50. The molecule has 0 fully saturated rings. The van der Waals surface area contributed by atoms with Gasteiger partial charge in [-0.05, 0) is 37.1 Å². The van der Waals surface area contributed by atoms with Gasteiger partial charge in [0.1, 0.15) is 17.3 Å². The van der Waals surface area contributed by atoms with Gasteiger partial charge in [-0.2, -0.15) is 0 Å². The first-order valence-electron chi connectivity index (χ1n) is 9.22. The standard InChI is InChI=1S/C22H23FN2O2/c1-14-6-7-18(15(2)10-14)20(26)13-25-9-8-21-19(12-25)22(24-27-21)16-4-3-5-17(23)11-16/h3-7,10-11,20,26H,8-9,12-13H2,1-2H3/t20-/m1/s1. The lowest BCUT2D eigenvalue weighted by Crippen LogP contribution is -2.33. The van der Waals surface area contributed by atoms with Gasteiger partial charge >= 0.3 is 0 Å². The van der Waals surface area contributed by atoms with Gasteiger partial charge < -0.3 is 9.63 Å². The van der Waals surface area contributed by atoms with Gasteiger partial charge in [0.05, 0.1) is 6.10 Å². The molecule has 2 aromatic carbocycles. The molecule has 1 atom stereocenters. The van der Waals surface area contributed by atoms with Gasteiger partial charge in [0, 0.05) is 37.2 Å². The van der Waals surface area contributed by atoms with Crippen LogP contribution in [-0.2, 0) is 13.0 Å². The van der Waals surface area contributed by atoms with E-state index in [1.54, 1.807) is 6.07 Å². The van der Waals surface area contributed by atoms with Crippen LogP contribution in [0.3, 0.4) is 0 Å². The van der Waals surface area contributed by atoms with E-state index in [-0.39, 0.29) is 5.82 Å². The quantitative estimate of drug-likeness (QED) is 0.752. The molecule has 0 bridgehead atoms. The van der Waals surface area contributed by atoms with E-state index in [0.717, 1.165) is 41.0 Å². The molecule has 1 aromatic heterocycles. The van der Waals surface area contributed by atoms with Crippen LogP contribution in [0.1, 0.15) is 34.1 Å². The molecule has 0 unspecified atom stereocenters. The summed E-state index contributed by atoms with van der Waals surface area (Å²) in [6.45, 7) is 6.05. The molecule has 1 aliphatic rings. The highest BCUT2D eigenvalue weighted by atomic mass is 19.1. The third-order valence-electron chi connectivity index (χ3n) is 5.22. The SMILES string of the molecule is Cc1ccc([C@H](O)CN2CCc3onc(-c4cccc(F)c4)c3C2)c(C)c1. The first-order chi connectivity index (χ1) is 13.0. The van der Waals surface area contributed by atoms with Crippen molar-refractivity contribution in [2.45, 2.75) is 32.9 Å². The lowest BCUT2D eigenvalue weighted by molar-refractivity contribution is 0.103. The predicted octanol–water partition coefficient (Wildman–Crippen LogP) is 4.19. The van der Waals surface area contributed by atoms with E-state index in [4.69, 9.17) is 4.52 Å². The summed E-state index contributed by atoms with van der Waals surface area (Å²) in [6, 6.07) is 12.5. The molecule has 0 saturated carbocycles. The van der Waals surface area contributed by atoms with Gasteiger partial charge in [-0.25, -0.2) is 4.39 Å². The second-order valence-electron chi connectivity index (χ2n) is 7.30. The van der Waals surface area contributed by atoms with Crippen molar-refractivity contribution >= 4 is 0 Å². The largest absolute Gasteiger partial charge is 0.387 e. The number of aliphatic hydroxyl groups is 1. The normalized spacial score (nSPS) is 15.6. The molecule has 3 aromatic rings. The Morgan fingerprint density at radius 3 is 2.85 bits per heavy atom. The molecule has 140 valence electrons. The van der Waals surface area contributed by atoms with Crippen LogP contribution in [0.2, 0.25) is 0 Å². The second kappa shape index (κ2) is 7.25. The molecule has 0 spiro atoms. The van der Waals surface area contributed by atoms with Crippen molar-refractivity contribution in [1.82, 2.24) is 10.1 Å². The van der Waals surface area contributed by atoms with Crippen LogP contribution in [0.25, 0.3) is 11.3 Å². The van der Waals surface area contributed by atoms with Gasteiger partial charge in [-0.1, -0.05) is 41.1 Å². The fourth-order valence-electron chi connectivity index (χ4n) is 3.83. The molecular formula is C22H23FN2O2. The smallest absolute Gasteiger partial charge is 0.143 e. The molecule has 0 aliphatic carbocycles. The Balaban J connectivity index is 1.54. The Morgan fingerprint density at radius 1 is 1.22 bits per heavy atom. The number of halogens is 1. The number of aromatic nitrogens is 1. The molecule has 0 amide bonds. The Labute approximate surface area is 158 Å². The Bertz CT molecular complexity index is 967. The van der Waals surface area contributed by atoms with Crippen molar-refractivity contribution in [2.24, 2.45) is 0 Å². The topological polar surface area (TPSA) is 49.5 Å². The molecule has 4 nitrogen and oxygen atoms in total. The summed E-state index contributed by atoms with van der Waals surface area (Å²) in [4.78, 5) is 2.20. The minimum Gasteiger partial charge on any atom is -0.387 e. The number of nitrogens with zero attached hydrogens (tertiary/aromatic N) is 2. The van der Waals surface area contributed by atoms with Gasteiger partial charge in [0.2, 0.25) is 0 Å². The van der Waals surface area contributed by atoms with Gasteiger partial charge in [0.15, 0.2) is 0 Å². The maximum absolute atomic E-state index is 13.6. The fraction of sp³-hybridized carbons (Fsp3) is 0.318. The highest BCUT2D eigenvalue weighted by Gasteiger charge is 2.26. The maximum atomic E-state index is 13.6.